The summed E-state index contributed by atoms with van der Waals surface area (Å²) in [7, 11) is 1.64. The first-order valence-corrected chi connectivity index (χ1v) is 11.0. The molecule has 0 spiro atoms. The predicted molar refractivity (Wildman–Crippen MR) is 121 cm³/mol. The lowest BCUT2D eigenvalue weighted by molar-refractivity contribution is -0.128. The molecule has 1 saturated heterocycles. The van der Waals surface area contributed by atoms with E-state index in [1.165, 1.54) is 0 Å². The maximum atomic E-state index is 11.7. The van der Waals surface area contributed by atoms with Crippen molar-refractivity contribution in [2.45, 2.75) is 25.8 Å². The van der Waals surface area contributed by atoms with Gasteiger partial charge in [0.05, 0.1) is 18.0 Å². The van der Waals surface area contributed by atoms with E-state index in [1.807, 2.05) is 33.9 Å². The lowest BCUT2D eigenvalue weighted by Gasteiger charge is -2.18. The van der Waals surface area contributed by atoms with Gasteiger partial charge in [-0.3, -0.25) is 4.79 Å². The quantitative estimate of drug-likeness (QED) is 0.515. The summed E-state index contributed by atoms with van der Waals surface area (Å²) >= 11 is 0. The second-order valence-corrected chi connectivity index (χ2v) is 8.86. The number of aromatic nitrogens is 5. The zero-order valence-corrected chi connectivity index (χ0v) is 18.1. The number of likely N-dealkylation sites (tertiary alicyclic amines) is 1. The third-order valence-corrected chi connectivity index (χ3v) is 6.93. The maximum absolute atomic E-state index is 11.7. The van der Waals surface area contributed by atoms with Crippen LogP contribution in [0.5, 0.6) is 5.88 Å². The van der Waals surface area contributed by atoms with Gasteiger partial charge >= 0.3 is 0 Å². The van der Waals surface area contributed by atoms with Crippen molar-refractivity contribution in [3.05, 3.63) is 36.8 Å². The van der Waals surface area contributed by atoms with E-state index in [0.29, 0.717) is 29.7 Å². The third kappa shape index (κ3) is 3.07. The fourth-order valence-corrected chi connectivity index (χ4v) is 5.39. The highest BCUT2D eigenvalue weighted by molar-refractivity contribution is 5.98. The molecular formula is C23H25N7O2. The SMILES string of the molecule is COc1nc(N[C@H]2C[C@@H]3CN(C(C)=O)C[C@@H]3C2)nc2[nH]cc(-c3ccn4nccc4c3)c12. The van der Waals surface area contributed by atoms with Crippen LogP contribution in [0.1, 0.15) is 19.8 Å². The van der Waals surface area contributed by atoms with Gasteiger partial charge in [0.15, 0.2) is 0 Å². The Morgan fingerprint density at radius 1 is 1.22 bits per heavy atom. The number of carbonyl (C=O) groups excluding carboxylic acids is 1. The smallest absolute Gasteiger partial charge is 0.228 e. The van der Waals surface area contributed by atoms with Gasteiger partial charge in [-0.05, 0) is 48.4 Å². The molecule has 1 aliphatic carbocycles. The van der Waals surface area contributed by atoms with Crippen LogP contribution < -0.4 is 10.1 Å². The molecule has 2 fully saturated rings. The largest absolute Gasteiger partial charge is 0.480 e. The lowest BCUT2D eigenvalue weighted by Crippen LogP contribution is -2.29. The molecule has 1 aliphatic heterocycles. The molecule has 2 N–H and O–H groups in total. The summed E-state index contributed by atoms with van der Waals surface area (Å²) in [5, 5.41) is 8.64. The Kier molecular flexibility index (Phi) is 4.31. The Labute approximate surface area is 184 Å². The van der Waals surface area contributed by atoms with Crippen molar-refractivity contribution in [3.63, 3.8) is 0 Å². The van der Waals surface area contributed by atoms with Gasteiger partial charge in [0.1, 0.15) is 5.65 Å². The van der Waals surface area contributed by atoms with Crippen molar-refractivity contribution in [1.29, 1.82) is 0 Å². The van der Waals surface area contributed by atoms with Crippen LogP contribution in [-0.4, -0.2) is 61.6 Å². The van der Waals surface area contributed by atoms with E-state index >= 15 is 0 Å². The van der Waals surface area contributed by atoms with Crippen molar-refractivity contribution in [3.8, 4) is 17.0 Å². The fraction of sp³-hybridized carbons (Fsp3) is 0.391. The number of aromatic amines is 1. The monoisotopic (exact) mass is 431 g/mol. The van der Waals surface area contributed by atoms with Crippen LogP contribution in [0.4, 0.5) is 5.95 Å². The molecule has 3 atom stereocenters. The molecule has 0 unspecified atom stereocenters. The molecule has 4 aromatic heterocycles. The fourth-order valence-electron chi connectivity index (χ4n) is 5.39. The predicted octanol–water partition coefficient (Wildman–Crippen LogP) is 2.95. The average Bonchev–Trinajstić information content (AvgIpc) is 3.54. The van der Waals surface area contributed by atoms with Gasteiger partial charge in [-0.15, -0.1) is 0 Å². The third-order valence-electron chi connectivity index (χ3n) is 6.93. The number of methoxy groups -OCH3 is 1. The summed E-state index contributed by atoms with van der Waals surface area (Å²) in [5.74, 6) is 2.40. The van der Waals surface area contributed by atoms with E-state index in [4.69, 9.17) is 9.72 Å². The lowest BCUT2D eigenvalue weighted by atomic mass is 10.0. The van der Waals surface area contributed by atoms with Gasteiger partial charge in [0.25, 0.3) is 0 Å². The van der Waals surface area contributed by atoms with E-state index < -0.39 is 0 Å². The standard InChI is InChI=1S/C23H25N7O2/c1-13(31)29-11-15-7-17(8-16(15)12-29)26-23-27-21-20(22(28-23)32-2)19(10-24-21)14-4-6-30-18(9-14)3-5-25-30/h3-6,9-10,15-17H,7-8,11-12H2,1-2H3,(H2,24,26,27,28)/t15-,16+,17+. The maximum Gasteiger partial charge on any atom is 0.228 e. The number of carbonyl (C=O) groups is 1. The molecular weight excluding hydrogens is 406 g/mol. The Balaban J connectivity index is 1.27. The van der Waals surface area contributed by atoms with Crippen LogP contribution in [0.15, 0.2) is 36.8 Å². The van der Waals surface area contributed by atoms with Gasteiger partial charge in [0.2, 0.25) is 17.7 Å². The Morgan fingerprint density at radius 3 is 2.78 bits per heavy atom. The van der Waals surface area contributed by atoms with E-state index in [2.05, 4.69) is 26.4 Å². The topological polar surface area (TPSA) is 100 Å². The van der Waals surface area contributed by atoms with Crippen LogP contribution >= 0.6 is 0 Å². The second-order valence-electron chi connectivity index (χ2n) is 8.86. The number of rotatable bonds is 4. The van der Waals surface area contributed by atoms with Crippen molar-refractivity contribution >= 4 is 28.4 Å². The van der Waals surface area contributed by atoms with Gasteiger partial charge in [-0.25, -0.2) is 4.52 Å². The van der Waals surface area contributed by atoms with E-state index in [-0.39, 0.29) is 5.91 Å². The van der Waals surface area contributed by atoms with Crippen LogP contribution in [0.25, 0.3) is 27.7 Å². The van der Waals surface area contributed by atoms with Gasteiger partial charge in [-0.2, -0.15) is 15.1 Å². The summed E-state index contributed by atoms with van der Waals surface area (Å²) < 4.78 is 7.50. The number of nitrogens with one attached hydrogen (secondary N) is 2. The molecule has 5 heterocycles. The average molecular weight is 432 g/mol. The molecule has 164 valence electrons. The van der Waals surface area contributed by atoms with Crippen LogP contribution in [0.2, 0.25) is 0 Å². The first-order valence-electron chi connectivity index (χ1n) is 11.0. The number of ether oxygens (including phenoxy) is 1. The summed E-state index contributed by atoms with van der Waals surface area (Å²) in [6, 6.07) is 6.39. The second kappa shape index (κ2) is 7.22. The zero-order valence-electron chi connectivity index (χ0n) is 18.1. The first-order chi connectivity index (χ1) is 15.6. The molecule has 1 amide bonds. The van der Waals surface area contributed by atoms with E-state index in [0.717, 1.165) is 53.6 Å². The normalized spacial score (nSPS) is 22.6. The van der Waals surface area contributed by atoms with Crippen LogP contribution in [0, 0.1) is 11.8 Å². The molecule has 1 saturated carbocycles. The first kappa shape index (κ1) is 19.1. The van der Waals surface area contributed by atoms with Gasteiger partial charge < -0.3 is 19.9 Å². The van der Waals surface area contributed by atoms with Crippen molar-refractivity contribution in [1.82, 2.24) is 29.5 Å². The number of nitrogens with zero attached hydrogens (tertiary/aromatic N) is 5. The molecule has 0 radical (unpaired) electrons. The zero-order chi connectivity index (χ0) is 21.8. The van der Waals surface area contributed by atoms with Crippen molar-refractivity contribution < 1.29 is 9.53 Å². The van der Waals surface area contributed by atoms with Crippen molar-refractivity contribution in [2.75, 3.05) is 25.5 Å². The van der Waals surface area contributed by atoms with Gasteiger partial charge in [0, 0.05) is 50.2 Å². The minimum Gasteiger partial charge on any atom is -0.480 e. The Morgan fingerprint density at radius 2 is 2.03 bits per heavy atom. The van der Waals surface area contributed by atoms with Crippen LogP contribution in [-0.2, 0) is 4.79 Å². The minimum absolute atomic E-state index is 0.178. The number of fused-ring (bicyclic) bond motifs is 3. The minimum atomic E-state index is 0.178. The molecule has 2 aliphatic rings. The number of hydrogen-bond acceptors (Lipinski definition) is 6. The molecule has 9 heteroatoms. The highest BCUT2D eigenvalue weighted by Gasteiger charge is 2.41. The summed E-state index contributed by atoms with van der Waals surface area (Å²) in [6.45, 7) is 3.39. The number of anilines is 1. The highest BCUT2D eigenvalue weighted by atomic mass is 16.5. The molecule has 9 nitrogen and oxygen atoms in total. The number of H-pyrrole nitrogens is 1. The summed E-state index contributed by atoms with van der Waals surface area (Å²) in [5.41, 5.74) is 3.80. The van der Waals surface area contributed by atoms with Crippen molar-refractivity contribution in [2.24, 2.45) is 11.8 Å². The molecule has 4 aromatic rings. The van der Waals surface area contributed by atoms with E-state index in [9.17, 15) is 4.79 Å². The summed E-state index contributed by atoms with van der Waals surface area (Å²) in [4.78, 5) is 26.4. The number of pyridine rings is 1. The Bertz CT molecular complexity index is 1310. The molecule has 32 heavy (non-hydrogen) atoms. The highest BCUT2D eigenvalue weighted by Crippen LogP contribution is 2.40. The van der Waals surface area contributed by atoms with Crippen LogP contribution in [0.3, 0.4) is 0 Å². The van der Waals surface area contributed by atoms with Gasteiger partial charge in [-0.1, -0.05) is 0 Å². The number of amides is 1. The number of hydrogen-bond donors (Lipinski definition) is 2. The molecule has 0 bridgehead atoms. The van der Waals surface area contributed by atoms with E-state index in [1.54, 1.807) is 20.2 Å². The Hall–Kier alpha value is -3.62. The molecule has 0 aromatic carbocycles. The molecule has 6 rings (SSSR count). The summed E-state index contributed by atoms with van der Waals surface area (Å²) in [6.07, 6.45) is 7.73.